The van der Waals surface area contributed by atoms with E-state index in [1.165, 1.54) is 0 Å². The van der Waals surface area contributed by atoms with Crippen LogP contribution < -0.4 is 5.32 Å². The number of rotatable bonds is 7. The summed E-state index contributed by atoms with van der Waals surface area (Å²) in [6.07, 6.45) is 2.27. The number of nitrogens with one attached hydrogen (secondary N) is 1. The largest absolute Gasteiger partial charge is 0.392 e. The van der Waals surface area contributed by atoms with Crippen LogP contribution in [0.25, 0.3) is 11.0 Å². The van der Waals surface area contributed by atoms with E-state index in [2.05, 4.69) is 43.1 Å². The molecule has 1 unspecified atom stereocenters. The highest BCUT2D eigenvalue weighted by Crippen LogP contribution is 2.22. The van der Waals surface area contributed by atoms with Crippen molar-refractivity contribution in [2.45, 2.75) is 52.8 Å². The minimum absolute atomic E-state index is 0.247. The van der Waals surface area contributed by atoms with Crippen LogP contribution in [-0.4, -0.2) is 32.5 Å². The molecule has 0 aliphatic carbocycles. The fraction of sp³-hybridized carbons (Fsp3) is 0.625. The number of fused-ring (bicyclic) bond motifs is 1. The van der Waals surface area contributed by atoms with Gasteiger partial charge in [-0.1, -0.05) is 25.4 Å². The topological polar surface area (TPSA) is 63.0 Å². The van der Waals surface area contributed by atoms with Gasteiger partial charge in [0.05, 0.1) is 12.3 Å². The first kappa shape index (κ1) is 17.2. The summed E-state index contributed by atoms with van der Waals surface area (Å²) >= 11 is 6.28. The van der Waals surface area contributed by atoms with Gasteiger partial charge in [-0.05, 0) is 32.3 Å². The van der Waals surface area contributed by atoms with Crippen molar-refractivity contribution in [1.82, 2.24) is 20.1 Å². The number of aliphatic hydroxyl groups is 1. The molecule has 2 N–H and O–H groups in total. The van der Waals surface area contributed by atoms with Gasteiger partial charge in [-0.3, -0.25) is 0 Å². The molecule has 2 aromatic heterocycles. The third-order valence-electron chi connectivity index (χ3n) is 3.52. The highest BCUT2D eigenvalue weighted by molar-refractivity contribution is 6.30. The zero-order chi connectivity index (χ0) is 16.3. The molecular formula is C16H25ClN4O. The fourth-order valence-electron chi connectivity index (χ4n) is 2.50. The van der Waals surface area contributed by atoms with Gasteiger partial charge in [-0.15, -0.1) is 0 Å². The average molecular weight is 325 g/mol. The third-order valence-corrected chi connectivity index (χ3v) is 3.85. The zero-order valence-corrected chi connectivity index (χ0v) is 14.4. The van der Waals surface area contributed by atoms with Gasteiger partial charge in [0.1, 0.15) is 5.15 Å². The second-order valence-electron chi connectivity index (χ2n) is 6.45. The number of aliphatic hydroxyl groups excluding tert-OH is 1. The van der Waals surface area contributed by atoms with Crippen molar-refractivity contribution in [3.63, 3.8) is 0 Å². The van der Waals surface area contributed by atoms with E-state index in [4.69, 9.17) is 11.6 Å². The minimum Gasteiger partial charge on any atom is -0.392 e. The SMILES string of the molecule is CC(C)CC(O)CNCc1cc2cnn(C(C)C)c2nc1Cl. The Balaban J connectivity index is 2.04. The molecule has 0 fully saturated rings. The second kappa shape index (κ2) is 7.40. The first-order valence-corrected chi connectivity index (χ1v) is 8.17. The van der Waals surface area contributed by atoms with Crippen LogP contribution in [-0.2, 0) is 6.54 Å². The van der Waals surface area contributed by atoms with Crippen molar-refractivity contribution in [2.24, 2.45) is 5.92 Å². The third kappa shape index (κ3) is 4.18. The molecule has 0 radical (unpaired) electrons. The lowest BCUT2D eigenvalue weighted by Crippen LogP contribution is -2.27. The molecule has 6 heteroatoms. The van der Waals surface area contributed by atoms with E-state index in [1.54, 1.807) is 0 Å². The Kier molecular flexibility index (Phi) is 5.78. The van der Waals surface area contributed by atoms with Crippen LogP contribution in [0.2, 0.25) is 5.15 Å². The van der Waals surface area contributed by atoms with Gasteiger partial charge >= 0.3 is 0 Å². The molecule has 0 aromatic carbocycles. The molecule has 1 atom stereocenters. The monoisotopic (exact) mass is 324 g/mol. The molecule has 22 heavy (non-hydrogen) atoms. The molecule has 0 amide bonds. The molecule has 2 rings (SSSR count). The summed E-state index contributed by atoms with van der Waals surface area (Å²) < 4.78 is 1.87. The van der Waals surface area contributed by atoms with Crippen molar-refractivity contribution >= 4 is 22.6 Å². The van der Waals surface area contributed by atoms with Gasteiger partial charge in [0.25, 0.3) is 0 Å². The standard InChI is InChI=1S/C16H25ClN4O/c1-10(2)5-14(22)9-18-7-12-6-13-8-19-21(11(3)4)16(13)20-15(12)17/h6,8,10-11,14,18,22H,5,7,9H2,1-4H3. The van der Waals surface area contributed by atoms with Crippen LogP contribution in [0, 0.1) is 5.92 Å². The van der Waals surface area contributed by atoms with E-state index >= 15 is 0 Å². The maximum absolute atomic E-state index is 9.88. The Bertz CT molecular complexity index is 624. The Hall–Kier alpha value is -1.17. The maximum Gasteiger partial charge on any atom is 0.159 e. The zero-order valence-electron chi connectivity index (χ0n) is 13.7. The molecule has 0 spiro atoms. The maximum atomic E-state index is 9.88. The van der Waals surface area contributed by atoms with Gasteiger partial charge < -0.3 is 10.4 Å². The van der Waals surface area contributed by atoms with Crippen LogP contribution >= 0.6 is 11.6 Å². The first-order valence-electron chi connectivity index (χ1n) is 7.80. The molecule has 0 saturated heterocycles. The quantitative estimate of drug-likeness (QED) is 0.768. The Morgan fingerprint density at radius 2 is 2.05 bits per heavy atom. The van der Waals surface area contributed by atoms with Crippen molar-refractivity contribution < 1.29 is 5.11 Å². The summed E-state index contributed by atoms with van der Waals surface area (Å²) in [5.74, 6) is 0.486. The lowest BCUT2D eigenvalue weighted by molar-refractivity contribution is 0.146. The van der Waals surface area contributed by atoms with Crippen molar-refractivity contribution in [3.8, 4) is 0 Å². The average Bonchev–Trinajstić information content (AvgIpc) is 2.80. The van der Waals surface area contributed by atoms with E-state index in [9.17, 15) is 5.11 Å². The summed E-state index contributed by atoms with van der Waals surface area (Å²) in [6, 6.07) is 2.26. The van der Waals surface area contributed by atoms with E-state index in [1.807, 2.05) is 16.9 Å². The molecule has 122 valence electrons. The molecule has 2 heterocycles. The molecule has 0 saturated carbocycles. The van der Waals surface area contributed by atoms with Crippen LogP contribution in [0.15, 0.2) is 12.3 Å². The van der Waals surface area contributed by atoms with Gasteiger partial charge in [0.2, 0.25) is 0 Å². The Morgan fingerprint density at radius 3 is 2.68 bits per heavy atom. The van der Waals surface area contributed by atoms with Crippen LogP contribution in [0.5, 0.6) is 0 Å². The normalized spacial score (nSPS) is 13.5. The summed E-state index contributed by atoms with van der Waals surface area (Å²) in [4.78, 5) is 4.47. The van der Waals surface area contributed by atoms with E-state index < -0.39 is 0 Å². The van der Waals surface area contributed by atoms with Crippen molar-refractivity contribution in [3.05, 3.63) is 23.0 Å². The van der Waals surface area contributed by atoms with Gasteiger partial charge in [0, 0.05) is 30.1 Å². The number of hydrogen-bond acceptors (Lipinski definition) is 4. The summed E-state index contributed by atoms with van der Waals surface area (Å²) in [6.45, 7) is 9.47. The molecule has 5 nitrogen and oxygen atoms in total. The van der Waals surface area contributed by atoms with E-state index in [0.717, 1.165) is 23.0 Å². The van der Waals surface area contributed by atoms with E-state index in [0.29, 0.717) is 24.2 Å². The molecule has 0 bridgehead atoms. The van der Waals surface area contributed by atoms with Crippen LogP contribution in [0.4, 0.5) is 0 Å². The smallest absolute Gasteiger partial charge is 0.159 e. The number of halogens is 1. The Morgan fingerprint density at radius 1 is 1.32 bits per heavy atom. The predicted octanol–water partition coefficient (Wildman–Crippen LogP) is 3.16. The minimum atomic E-state index is -0.334. The molecule has 0 aliphatic heterocycles. The van der Waals surface area contributed by atoms with Crippen LogP contribution in [0.3, 0.4) is 0 Å². The van der Waals surface area contributed by atoms with Crippen LogP contribution in [0.1, 0.15) is 45.7 Å². The van der Waals surface area contributed by atoms with Gasteiger partial charge in [0.15, 0.2) is 5.65 Å². The fourth-order valence-corrected chi connectivity index (χ4v) is 2.70. The van der Waals surface area contributed by atoms with Gasteiger partial charge in [-0.25, -0.2) is 9.67 Å². The highest BCUT2D eigenvalue weighted by atomic mass is 35.5. The molecule has 0 aliphatic rings. The number of nitrogens with zero attached hydrogens (tertiary/aromatic N) is 3. The molecule has 2 aromatic rings. The number of aromatic nitrogens is 3. The van der Waals surface area contributed by atoms with E-state index in [-0.39, 0.29) is 12.1 Å². The summed E-state index contributed by atoms with van der Waals surface area (Å²) in [5, 5.41) is 18.9. The predicted molar refractivity (Wildman–Crippen MR) is 90.1 cm³/mol. The van der Waals surface area contributed by atoms with Crippen molar-refractivity contribution in [1.29, 1.82) is 0 Å². The number of hydrogen-bond donors (Lipinski definition) is 2. The first-order chi connectivity index (χ1) is 10.4. The summed E-state index contributed by atoms with van der Waals surface area (Å²) in [5.41, 5.74) is 1.73. The van der Waals surface area contributed by atoms with Crippen molar-refractivity contribution in [2.75, 3.05) is 6.54 Å². The lowest BCUT2D eigenvalue weighted by Gasteiger charge is -2.14. The molecular weight excluding hydrogens is 300 g/mol. The number of pyridine rings is 1. The lowest BCUT2D eigenvalue weighted by atomic mass is 10.1. The summed E-state index contributed by atoms with van der Waals surface area (Å²) in [7, 11) is 0. The highest BCUT2D eigenvalue weighted by Gasteiger charge is 2.12. The second-order valence-corrected chi connectivity index (χ2v) is 6.81. The van der Waals surface area contributed by atoms with Gasteiger partial charge in [-0.2, -0.15) is 5.10 Å². The Labute approximate surface area is 136 Å².